The van der Waals surface area contributed by atoms with Crippen molar-refractivity contribution in [3.8, 4) is 0 Å². The molecule has 1 fully saturated rings. The van der Waals surface area contributed by atoms with Gasteiger partial charge in [0.25, 0.3) is 0 Å². The molecular formula is C7H10ClNO4. The van der Waals surface area contributed by atoms with Crippen LogP contribution in [0.3, 0.4) is 0 Å². The monoisotopic (exact) mass is 207 g/mol. The van der Waals surface area contributed by atoms with Crippen molar-refractivity contribution < 1.29 is 14.5 Å². The van der Waals surface area contributed by atoms with Crippen LogP contribution in [0.15, 0.2) is 0 Å². The molecule has 74 valence electrons. The molecular weight excluding hydrogens is 198 g/mol. The molecule has 0 aromatic rings. The van der Waals surface area contributed by atoms with Crippen molar-refractivity contribution in [1.29, 1.82) is 0 Å². The summed E-state index contributed by atoms with van der Waals surface area (Å²) in [5, 5.41) is 10.2. The molecule has 1 heterocycles. The summed E-state index contributed by atoms with van der Waals surface area (Å²) in [4.78, 5) is 20.7. The lowest BCUT2D eigenvalue weighted by Gasteiger charge is -2.24. The summed E-state index contributed by atoms with van der Waals surface area (Å²) in [6.07, 6.45) is 0.276. The number of carbonyl (C=O) groups excluding carboxylic acids is 1. The molecule has 0 N–H and O–H groups in total. The number of carbonyl (C=O) groups is 1. The Labute approximate surface area is 80.2 Å². The Bertz CT molecular complexity index is 219. The maximum Gasteiger partial charge on any atom is 0.306 e. The quantitative estimate of drug-likeness (QED) is 0.297. The van der Waals surface area contributed by atoms with Crippen LogP contribution in [-0.2, 0) is 9.53 Å². The maximum atomic E-state index is 10.9. The maximum absolute atomic E-state index is 10.9. The van der Waals surface area contributed by atoms with Gasteiger partial charge in [-0.05, 0) is 6.42 Å². The molecule has 0 aromatic carbocycles. The molecule has 2 atom stereocenters. The summed E-state index contributed by atoms with van der Waals surface area (Å²) in [6.45, 7) is -0.178. The predicted octanol–water partition coefficient (Wildman–Crippen LogP) is 0.824. The summed E-state index contributed by atoms with van der Waals surface area (Å²) < 4.78 is 4.85. The average Bonchev–Trinajstić information content (AvgIpc) is 2.01. The van der Waals surface area contributed by atoms with E-state index in [1.54, 1.807) is 0 Å². The topological polar surface area (TPSA) is 69.4 Å². The van der Waals surface area contributed by atoms with Crippen molar-refractivity contribution in [1.82, 2.24) is 0 Å². The van der Waals surface area contributed by atoms with Crippen molar-refractivity contribution in [3.63, 3.8) is 0 Å². The number of hydrogen-bond donors (Lipinski definition) is 0. The lowest BCUT2D eigenvalue weighted by atomic mass is 9.96. The van der Waals surface area contributed by atoms with Crippen LogP contribution in [0.4, 0.5) is 0 Å². The molecule has 6 heteroatoms. The Balaban J connectivity index is 2.47. The molecule has 0 aromatic heterocycles. The second-order valence-electron chi connectivity index (χ2n) is 3.09. The van der Waals surface area contributed by atoms with Gasteiger partial charge in [-0.1, -0.05) is 0 Å². The molecule has 0 aliphatic carbocycles. The number of nitrogens with zero attached hydrogens (tertiary/aromatic N) is 1. The Morgan fingerprint density at radius 1 is 1.69 bits per heavy atom. The molecule has 0 amide bonds. The fourth-order valence-electron chi connectivity index (χ4n) is 1.42. The third kappa shape index (κ3) is 3.18. The number of rotatable bonds is 3. The first-order valence-electron chi connectivity index (χ1n) is 3.99. The molecule has 1 aliphatic heterocycles. The van der Waals surface area contributed by atoms with Gasteiger partial charge in [0.2, 0.25) is 6.54 Å². The smallest absolute Gasteiger partial charge is 0.306 e. The van der Waals surface area contributed by atoms with E-state index in [4.69, 9.17) is 16.3 Å². The normalized spacial score (nSPS) is 28.2. The number of alkyl halides is 1. The molecule has 0 unspecified atom stereocenters. The van der Waals surface area contributed by atoms with Gasteiger partial charge in [-0.25, -0.2) is 0 Å². The van der Waals surface area contributed by atoms with Crippen molar-refractivity contribution in [2.75, 3.05) is 12.4 Å². The van der Waals surface area contributed by atoms with Gasteiger partial charge in [0, 0.05) is 10.8 Å². The molecule has 0 bridgehead atoms. The van der Waals surface area contributed by atoms with Crippen LogP contribution in [0.25, 0.3) is 0 Å². The fraction of sp³-hybridized carbons (Fsp3) is 0.857. The van der Waals surface area contributed by atoms with Gasteiger partial charge in [0.15, 0.2) is 0 Å². The third-order valence-corrected chi connectivity index (χ3v) is 2.27. The summed E-state index contributed by atoms with van der Waals surface area (Å²) >= 11 is 5.50. The predicted molar refractivity (Wildman–Crippen MR) is 45.2 cm³/mol. The minimum Gasteiger partial charge on any atom is -0.461 e. The van der Waals surface area contributed by atoms with Gasteiger partial charge in [-0.3, -0.25) is 14.9 Å². The molecule has 0 saturated carbocycles. The Hall–Kier alpha value is -0.840. The van der Waals surface area contributed by atoms with Crippen molar-refractivity contribution in [2.24, 2.45) is 5.92 Å². The zero-order valence-electron chi connectivity index (χ0n) is 6.94. The van der Waals surface area contributed by atoms with E-state index in [9.17, 15) is 14.9 Å². The zero-order valence-corrected chi connectivity index (χ0v) is 7.70. The molecule has 1 rings (SSSR count). The lowest BCUT2D eigenvalue weighted by molar-refractivity contribution is -0.489. The minimum atomic E-state index is -0.408. The summed E-state index contributed by atoms with van der Waals surface area (Å²) in [7, 11) is 0. The van der Waals surface area contributed by atoms with Crippen molar-refractivity contribution in [3.05, 3.63) is 10.1 Å². The van der Waals surface area contributed by atoms with Crippen LogP contribution in [0.2, 0.25) is 0 Å². The van der Waals surface area contributed by atoms with E-state index in [0.717, 1.165) is 0 Å². The second kappa shape index (κ2) is 4.41. The van der Waals surface area contributed by atoms with E-state index >= 15 is 0 Å². The first-order chi connectivity index (χ1) is 6.11. The van der Waals surface area contributed by atoms with E-state index in [0.29, 0.717) is 6.42 Å². The molecule has 1 aliphatic rings. The second-order valence-corrected chi connectivity index (χ2v) is 3.40. The van der Waals surface area contributed by atoms with Gasteiger partial charge < -0.3 is 4.74 Å². The number of halogens is 1. The van der Waals surface area contributed by atoms with Gasteiger partial charge in [0.05, 0.1) is 12.3 Å². The van der Waals surface area contributed by atoms with E-state index < -0.39 is 4.92 Å². The third-order valence-electron chi connectivity index (χ3n) is 1.93. The van der Waals surface area contributed by atoms with Crippen molar-refractivity contribution >= 4 is 17.6 Å². The van der Waals surface area contributed by atoms with E-state index in [-0.39, 0.29) is 36.8 Å². The molecule has 1 saturated heterocycles. The number of cyclic esters (lactones) is 1. The first kappa shape index (κ1) is 10.2. The van der Waals surface area contributed by atoms with Gasteiger partial charge in [0.1, 0.15) is 6.10 Å². The minimum absolute atomic E-state index is 0.133. The molecule has 0 radical (unpaired) electrons. The SMILES string of the molecule is O=C1C[C@H](C[N+](=O)[O-])C[C@@H](CCl)O1. The van der Waals surface area contributed by atoms with Gasteiger partial charge in [-0.2, -0.15) is 0 Å². The van der Waals surface area contributed by atoms with Crippen molar-refractivity contribution in [2.45, 2.75) is 18.9 Å². The van der Waals surface area contributed by atoms with Gasteiger partial charge in [-0.15, -0.1) is 11.6 Å². The summed E-state index contributed by atoms with van der Waals surface area (Å²) in [5.74, 6) is -0.399. The molecule has 13 heavy (non-hydrogen) atoms. The number of hydrogen-bond acceptors (Lipinski definition) is 4. The largest absolute Gasteiger partial charge is 0.461 e. The highest BCUT2D eigenvalue weighted by molar-refractivity contribution is 6.18. The zero-order chi connectivity index (χ0) is 9.84. The summed E-state index contributed by atoms with van der Waals surface area (Å²) in [5.41, 5.74) is 0. The van der Waals surface area contributed by atoms with E-state index in [1.165, 1.54) is 0 Å². The number of ether oxygens (including phenoxy) is 1. The Kier molecular flexibility index (Phi) is 3.48. The average molecular weight is 208 g/mol. The van der Waals surface area contributed by atoms with Crippen LogP contribution in [-0.4, -0.2) is 29.4 Å². The van der Waals surface area contributed by atoms with Crippen LogP contribution in [0.5, 0.6) is 0 Å². The summed E-state index contributed by atoms with van der Waals surface area (Å²) in [6, 6.07) is 0. The van der Waals surface area contributed by atoms with Gasteiger partial charge >= 0.3 is 5.97 Å². The Morgan fingerprint density at radius 3 is 2.92 bits per heavy atom. The van der Waals surface area contributed by atoms with Crippen LogP contribution in [0.1, 0.15) is 12.8 Å². The Morgan fingerprint density at radius 2 is 2.38 bits per heavy atom. The first-order valence-corrected chi connectivity index (χ1v) is 4.52. The molecule has 5 nitrogen and oxygen atoms in total. The lowest BCUT2D eigenvalue weighted by Crippen LogP contribution is -2.33. The van der Waals surface area contributed by atoms with E-state index in [1.807, 2.05) is 0 Å². The highest BCUT2D eigenvalue weighted by Crippen LogP contribution is 2.21. The highest BCUT2D eigenvalue weighted by Gasteiger charge is 2.30. The molecule has 0 spiro atoms. The standard InChI is InChI=1S/C7H10ClNO4/c8-3-6-1-5(4-9(11)12)2-7(10)13-6/h5-6H,1-4H2/t5-,6+/m1/s1. The van der Waals surface area contributed by atoms with E-state index in [2.05, 4.69) is 0 Å². The van der Waals surface area contributed by atoms with Crippen LogP contribution >= 0.6 is 11.6 Å². The highest BCUT2D eigenvalue weighted by atomic mass is 35.5. The fourth-order valence-corrected chi connectivity index (χ4v) is 1.61. The number of nitro groups is 1. The van der Waals surface area contributed by atoms with Crippen LogP contribution in [0, 0.1) is 16.0 Å². The van der Waals surface area contributed by atoms with Crippen LogP contribution < -0.4 is 0 Å². The number of esters is 1.